The lowest BCUT2D eigenvalue weighted by Crippen LogP contribution is -2.15. The molecule has 30 heavy (non-hydrogen) atoms. The van der Waals surface area contributed by atoms with Gasteiger partial charge >= 0.3 is 5.97 Å². The van der Waals surface area contributed by atoms with Crippen LogP contribution in [-0.2, 0) is 4.79 Å². The second-order valence-corrected chi connectivity index (χ2v) is 6.43. The van der Waals surface area contributed by atoms with Crippen molar-refractivity contribution < 1.29 is 14.3 Å². The van der Waals surface area contributed by atoms with Gasteiger partial charge in [0.2, 0.25) is 5.95 Å². The molecule has 150 valence electrons. The summed E-state index contributed by atoms with van der Waals surface area (Å²) in [5.41, 5.74) is 2.64. The van der Waals surface area contributed by atoms with Crippen LogP contribution in [0.1, 0.15) is 5.56 Å². The van der Waals surface area contributed by atoms with Crippen LogP contribution in [0.5, 0.6) is 0 Å². The van der Waals surface area contributed by atoms with Gasteiger partial charge in [-0.3, -0.25) is 4.79 Å². The number of nitrogens with one attached hydrogen (secondary N) is 1. The van der Waals surface area contributed by atoms with Crippen LogP contribution in [0.2, 0.25) is 0 Å². The van der Waals surface area contributed by atoms with Gasteiger partial charge in [-0.05, 0) is 41.6 Å². The number of tetrazole rings is 1. The summed E-state index contributed by atoms with van der Waals surface area (Å²) in [5.74, 6) is -1.19. The maximum Gasteiger partial charge on any atom is 0.322 e. The van der Waals surface area contributed by atoms with Gasteiger partial charge in [0.15, 0.2) is 5.82 Å². The van der Waals surface area contributed by atoms with Gasteiger partial charge < -0.3 is 10.4 Å². The van der Waals surface area contributed by atoms with E-state index in [9.17, 15) is 9.18 Å². The highest BCUT2D eigenvalue weighted by Crippen LogP contribution is 2.31. The summed E-state index contributed by atoms with van der Waals surface area (Å²) < 4.78 is 16.1. The smallest absolute Gasteiger partial charge is 0.322 e. The number of aryl methyl sites for hydroxylation is 1. The van der Waals surface area contributed by atoms with E-state index in [1.165, 1.54) is 16.9 Å². The Morgan fingerprint density at radius 1 is 1.13 bits per heavy atom. The van der Waals surface area contributed by atoms with Gasteiger partial charge in [0.1, 0.15) is 12.4 Å². The lowest BCUT2D eigenvalue weighted by Gasteiger charge is -2.12. The minimum atomic E-state index is -1.07. The predicted molar refractivity (Wildman–Crippen MR) is 106 cm³/mol. The summed E-state index contributed by atoms with van der Waals surface area (Å²) in [7, 11) is 0. The van der Waals surface area contributed by atoms with Crippen LogP contribution in [0.4, 0.5) is 10.3 Å². The third kappa shape index (κ3) is 3.83. The molecular formula is C20H16FN7O2. The fourth-order valence-corrected chi connectivity index (χ4v) is 2.86. The molecule has 0 spiro atoms. The highest BCUT2D eigenvalue weighted by Gasteiger charge is 2.20. The highest BCUT2D eigenvalue weighted by atomic mass is 19.1. The van der Waals surface area contributed by atoms with Crippen molar-refractivity contribution in [3.63, 3.8) is 0 Å². The van der Waals surface area contributed by atoms with Gasteiger partial charge in [0, 0.05) is 11.8 Å². The SMILES string of the molecule is Cc1ccc(-n2nnnc2-c2cnc(NCC(=O)O)nc2-c2ccccc2F)cc1. The molecule has 10 heteroatoms. The van der Waals surface area contributed by atoms with Crippen molar-refractivity contribution in [1.82, 2.24) is 30.2 Å². The highest BCUT2D eigenvalue weighted by molar-refractivity contribution is 5.79. The number of benzene rings is 2. The second kappa shape index (κ2) is 8.03. The molecule has 0 unspecified atom stereocenters. The molecule has 2 heterocycles. The predicted octanol–water partition coefficient (Wildman–Crippen LogP) is 2.73. The zero-order valence-electron chi connectivity index (χ0n) is 15.8. The Morgan fingerprint density at radius 2 is 1.90 bits per heavy atom. The molecule has 0 saturated heterocycles. The number of carboxylic acid groups (broad SMARTS) is 1. The monoisotopic (exact) mass is 405 g/mol. The van der Waals surface area contributed by atoms with E-state index >= 15 is 0 Å². The molecule has 4 rings (SSSR count). The minimum absolute atomic E-state index is 0.0498. The summed E-state index contributed by atoms with van der Waals surface area (Å²) in [6, 6.07) is 13.7. The van der Waals surface area contributed by atoms with E-state index < -0.39 is 11.8 Å². The van der Waals surface area contributed by atoms with Crippen LogP contribution in [-0.4, -0.2) is 47.8 Å². The quantitative estimate of drug-likeness (QED) is 0.503. The van der Waals surface area contributed by atoms with Crippen LogP contribution in [0.25, 0.3) is 28.3 Å². The first kappa shape index (κ1) is 19.1. The van der Waals surface area contributed by atoms with Gasteiger partial charge in [-0.15, -0.1) is 5.10 Å². The summed E-state index contributed by atoms with van der Waals surface area (Å²) in [4.78, 5) is 19.4. The van der Waals surface area contributed by atoms with Crippen LogP contribution < -0.4 is 5.32 Å². The minimum Gasteiger partial charge on any atom is -0.480 e. The zero-order chi connectivity index (χ0) is 21.1. The molecule has 0 saturated carbocycles. The number of aliphatic carboxylic acids is 1. The number of hydrogen-bond donors (Lipinski definition) is 2. The third-order valence-electron chi connectivity index (χ3n) is 4.30. The van der Waals surface area contributed by atoms with Crippen LogP contribution >= 0.6 is 0 Å². The van der Waals surface area contributed by atoms with E-state index in [-0.39, 0.29) is 23.8 Å². The summed E-state index contributed by atoms with van der Waals surface area (Å²) >= 11 is 0. The maximum atomic E-state index is 14.6. The molecule has 9 nitrogen and oxygen atoms in total. The van der Waals surface area contributed by atoms with Crippen molar-refractivity contribution in [3.05, 3.63) is 66.1 Å². The molecule has 0 bridgehead atoms. The molecule has 2 aromatic carbocycles. The zero-order valence-corrected chi connectivity index (χ0v) is 15.8. The number of nitrogens with zero attached hydrogens (tertiary/aromatic N) is 6. The third-order valence-corrected chi connectivity index (χ3v) is 4.30. The molecule has 0 atom stereocenters. The standard InChI is InChI=1S/C20H16FN7O2/c1-12-6-8-13(9-7-12)28-19(25-26-27-28)15-10-22-20(23-11-17(29)30)24-18(15)14-4-2-3-5-16(14)21/h2-10H,11H2,1H3,(H,29,30)(H,22,23,24). The Bertz CT molecular complexity index is 1210. The maximum absolute atomic E-state index is 14.6. The van der Waals surface area contributed by atoms with Crippen molar-refractivity contribution in [1.29, 1.82) is 0 Å². The average Bonchev–Trinajstić information content (AvgIpc) is 3.22. The van der Waals surface area contributed by atoms with Gasteiger partial charge in [0.25, 0.3) is 0 Å². The molecule has 0 aliphatic rings. The Morgan fingerprint density at radius 3 is 2.63 bits per heavy atom. The van der Waals surface area contributed by atoms with Gasteiger partial charge in [-0.1, -0.05) is 29.8 Å². The number of carboxylic acids is 1. The van der Waals surface area contributed by atoms with Crippen molar-refractivity contribution >= 4 is 11.9 Å². The molecule has 0 fully saturated rings. The van der Waals surface area contributed by atoms with Crippen molar-refractivity contribution in [3.8, 4) is 28.3 Å². The summed E-state index contributed by atoms with van der Waals surface area (Å²) in [6.07, 6.45) is 1.44. The normalized spacial score (nSPS) is 10.7. The Balaban J connectivity index is 1.86. The molecule has 4 aromatic rings. The topological polar surface area (TPSA) is 119 Å². The largest absolute Gasteiger partial charge is 0.480 e. The van der Waals surface area contributed by atoms with E-state index in [0.29, 0.717) is 17.1 Å². The van der Waals surface area contributed by atoms with Crippen LogP contribution in [0, 0.1) is 12.7 Å². The van der Waals surface area contributed by atoms with Crippen LogP contribution in [0.15, 0.2) is 54.7 Å². The molecule has 0 radical (unpaired) electrons. The van der Waals surface area contributed by atoms with Crippen molar-refractivity contribution in [2.24, 2.45) is 0 Å². The van der Waals surface area contributed by atoms with Crippen molar-refractivity contribution in [2.45, 2.75) is 6.92 Å². The van der Waals surface area contributed by atoms with E-state index in [1.54, 1.807) is 18.2 Å². The Kier molecular flexibility index (Phi) is 5.12. The first-order valence-corrected chi connectivity index (χ1v) is 8.96. The molecule has 0 aliphatic heterocycles. The number of halogens is 1. The number of aromatic nitrogens is 6. The van der Waals surface area contributed by atoms with E-state index in [0.717, 1.165) is 5.56 Å². The molecule has 0 aliphatic carbocycles. The lowest BCUT2D eigenvalue weighted by molar-refractivity contribution is -0.134. The number of hydrogen-bond acceptors (Lipinski definition) is 7. The van der Waals surface area contributed by atoms with Gasteiger partial charge in [0.05, 0.1) is 16.9 Å². The molecule has 2 aromatic heterocycles. The number of rotatable bonds is 6. The van der Waals surface area contributed by atoms with E-state index in [1.807, 2.05) is 31.2 Å². The van der Waals surface area contributed by atoms with Gasteiger partial charge in [-0.25, -0.2) is 14.4 Å². The molecule has 0 amide bonds. The van der Waals surface area contributed by atoms with Crippen molar-refractivity contribution in [2.75, 3.05) is 11.9 Å². The number of anilines is 1. The van der Waals surface area contributed by atoms with Crippen LogP contribution in [0.3, 0.4) is 0 Å². The first-order chi connectivity index (χ1) is 14.5. The second-order valence-electron chi connectivity index (χ2n) is 6.43. The molecular weight excluding hydrogens is 389 g/mol. The number of carbonyl (C=O) groups is 1. The summed E-state index contributed by atoms with van der Waals surface area (Å²) in [6.45, 7) is 1.59. The first-order valence-electron chi connectivity index (χ1n) is 8.96. The molecule has 2 N–H and O–H groups in total. The lowest BCUT2D eigenvalue weighted by atomic mass is 10.1. The van der Waals surface area contributed by atoms with Gasteiger partial charge in [-0.2, -0.15) is 4.68 Å². The Hall–Kier alpha value is -4.21. The van der Waals surface area contributed by atoms with E-state index in [4.69, 9.17) is 5.11 Å². The fraction of sp³-hybridized carbons (Fsp3) is 0.100. The summed E-state index contributed by atoms with van der Waals surface area (Å²) in [5, 5.41) is 23.4. The Labute approximate surface area is 170 Å². The van der Waals surface area contributed by atoms with E-state index in [2.05, 4.69) is 30.8 Å². The average molecular weight is 405 g/mol. The fourth-order valence-electron chi connectivity index (χ4n) is 2.86.